The van der Waals surface area contributed by atoms with Gasteiger partial charge in [0.2, 0.25) is 0 Å². The minimum Gasteiger partial charge on any atom is -0.480 e. The average molecular weight is 360 g/mol. The number of carbonyl (C=O) groups is 2. The molecule has 0 saturated heterocycles. The molecule has 1 aliphatic rings. The number of carboxylic acid groups (broad SMARTS) is 1. The predicted octanol–water partition coefficient (Wildman–Crippen LogP) is 3.66. The predicted molar refractivity (Wildman–Crippen MR) is 82.1 cm³/mol. The largest absolute Gasteiger partial charge is 0.480 e. The van der Waals surface area contributed by atoms with E-state index in [2.05, 4.69) is 28.2 Å². The third-order valence-corrected chi connectivity index (χ3v) is 5.72. The van der Waals surface area contributed by atoms with Crippen molar-refractivity contribution in [1.82, 2.24) is 5.32 Å². The summed E-state index contributed by atoms with van der Waals surface area (Å²) in [4.78, 5) is 24.4. The van der Waals surface area contributed by atoms with Crippen LogP contribution in [0.2, 0.25) is 0 Å². The summed E-state index contributed by atoms with van der Waals surface area (Å²) >= 11 is 4.62. The van der Waals surface area contributed by atoms with E-state index in [-0.39, 0.29) is 5.91 Å². The summed E-state index contributed by atoms with van der Waals surface area (Å²) in [5.74, 6) is -0.635. The van der Waals surface area contributed by atoms with Crippen molar-refractivity contribution in [3.05, 3.63) is 20.8 Å². The lowest BCUT2D eigenvalue weighted by Crippen LogP contribution is -2.56. The van der Waals surface area contributed by atoms with Crippen molar-refractivity contribution >= 4 is 39.1 Å². The number of aliphatic carboxylic acids is 1. The van der Waals surface area contributed by atoms with Crippen molar-refractivity contribution < 1.29 is 14.7 Å². The van der Waals surface area contributed by atoms with Gasteiger partial charge in [0.05, 0.1) is 8.66 Å². The van der Waals surface area contributed by atoms with E-state index < -0.39 is 11.5 Å². The SMILES string of the molecule is CCC1CCC(NC(=O)c2ccc(Br)s2)(C(=O)O)CC1. The highest BCUT2D eigenvalue weighted by Crippen LogP contribution is 2.34. The number of nitrogens with one attached hydrogen (secondary N) is 1. The standard InChI is InChI=1S/C14H18BrNO3S/c1-2-9-5-7-14(8-6-9,13(18)19)16-12(17)10-3-4-11(15)20-10/h3-4,9H,2,5-8H2,1H3,(H,16,17)(H,18,19). The molecule has 0 atom stereocenters. The Morgan fingerprint density at radius 2 is 2.10 bits per heavy atom. The Balaban J connectivity index is 2.10. The van der Waals surface area contributed by atoms with Crippen molar-refractivity contribution in [2.24, 2.45) is 5.92 Å². The maximum absolute atomic E-state index is 12.2. The monoisotopic (exact) mass is 359 g/mol. The van der Waals surface area contributed by atoms with Gasteiger partial charge in [0.15, 0.2) is 0 Å². The summed E-state index contributed by atoms with van der Waals surface area (Å²) < 4.78 is 0.863. The smallest absolute Gasteiger partial charge is 0.329 e. The molecule has 1 fully saturated rings. The van der Waals surface area contributed by atoms with Crippen molar-refractivity contribution in [3.8, 4) is 0 Å². The average Bonchev–Trinajstić information content (AvgIpc) is 2.86. The van der Waals surface area contributed by atoms with Gasteiger partial charge >= 0.3 is 5.97 Å². The first-order valence-corrected chi connectivity index (χ1v) is 8.39. The van der Waals surface area contributed by atoms with Crippen molar-refractivity contribution in [2.45, 2.75) is 44.6 Å². The van der Waals surface area contributed by atoms with Crippen molar-refractivity contribution in [2.75, 3.05) is 0 Å². The molecule has 0 radical (unpaired) electrons. The Labute approximate surface area is 130 Å². The molecule has 2 N–H and O–H groups in total. The molecular formula is C14H18BrNO3S. The van der Waals surface area contributed by atoms with Crippen LogP contribution in [0.25, 0.3) is 0 Å². The molecule has 0 aliphatic heterocycles. The van der Waals surface area contributed by atoms with Crippen LogP contribution in [0, 0.1) is 5.92 Å². The first kappa shape index (κ1) is 15.5. The van der Waals surface area contributed by atoms with Crippen LogP contribution in [0.15, 0.2) is 15.9 Å². The molecule has 0 aromatic carbocycles. The van der Waals surface area contributed by atoms with E-state index in [1.165, 1.54) is 11.3 Å². The zero-order valence-electron chi connectivity index (χ0n) is 11.3. The lowest BCUT2D eigenvalue weighted by Gasteiger charge is -2.37. The van der Waals surface area contributed by atoms with Crippen LogP contribution < -0.4 is 5.32 Å². The van der Waals surface area contributed by atoms with E-state index in [0.29, 0.717) is 23.6 Å². The normalized spacial score (nSPS) is 26.2. The number of carbonyl (C=O) groups excluding carboxylic acids is 1. The summed E-state index contributed by atoms with van der Waals surface area (Å²) in [6.07, 6.45) is 3.81. The highest BCUT2D eigenvalue weighted by atomic mass is 79.9. The van der Waals surface area contributed by atoms with Crippen LogP contribution in [0.4, 0.5) is 0 Å². The van der Waals surface area contributed by atoms with Gasteiger partial charge in [-0.3, -0.25) is 4.79 Å². The maximum Gasteiger partial charge on any atom is 0.329 e. The fourth-order valence-electron chi connectivity index (χ4n) is 2.69. The Morgan fingerprint density at radius 3 is 2.55 bits per heavy atom. The zero-order chi connectivity index (χ0) is 14.8. The number of thiophene rings is 1. The molecule has 1 saturated carbocycles. The van der Waals surface area contributed by atoms with Crippen LogP contribution in [0.1, 0.15) is 48.7 Å². The Bertz CT molecular complexity index is 506. The van der Waals surface area contributed by atoms with Gasteiger partial charge < -0.3 is 10.4 Å². The van der Waals surface area contributed by atoms with Gasteiger partial charge in [-0.05, 0) is 59.7 Å². The summed E-state index contributed by atoms with van der Waals surface area (Å²) in [6, 6.07) is 3.50. The molecule has 20 heavy (non-hydrogen) atoms. The van der Waals surface area contributed by atoms with E-state index in [1.807, 2.05) is 0 Å². The van der Waals surface area contributed by atoms with E-state index in [0.717, 1.165) is 23.0 Å². The van der Waals surface area contributed by atoms with Crippen LogP contribution in [0.5, 0.6) is 0 Å². The lowest BCUT2D eigenvalue weighted by atomic mass is 9.75. The summed E-state index contributed by atoms with van der Waals surface area (Å²) in [5.41, 5.74) is -1.10. The summed E-state index contributed by atoms with van der Waals surface area (Å²) in [7, 11) is 0. The van der Waals surface area contributed by atoms with Crippen LogP contribution in [-0.4, -0.2) is 22.5 Å². The fraction of sp³-hybridized carbons (Fsp3) is 0.571. The zero-order valence-corrected chi connectivity index (χ0v) is 13.7. The highest BCUT2D eigenvalue weighted by molar-refractivity contribution is 9.11. The molecule has 1 heterocycles. The first-order chi connectivity index (χ1) is 9.47. The van der Waals surface area contributed by atoms with Gasteiger partial charge in [0.25, 0.3) is 5.91 Å². The Hall–Kier alpha value is -0.880. The molecule has 0 bridgehead atoms. The topological polar surface area (TPSA) is 66.4 Å². The molecule has 6 heteroatoms. The number of amides is 1. The third kappa shape index (κ3) is 3.23. The number of hydrogen-bond donors (Lipinski definition) is 2. The van der Waals surface area contributed by atoms with E-state index >= 15 is 0 Å². The first-order valence-electron chi connectivity index (χ1n) is 6.78. The number of hydrogen-bond acceptors (Lipinski definition) is 3. The summed E-state index contributed by atoms with van der Waals surface area (Å²) in [6.45, 7) is 2.13. The molecule has 1 amide bonds. The van der Waals surface area contributed by atoms with Gasteiger partial charge in [-0.1, -0.05) is 13.3 Å². The molecule has 4 nitrogen and oxygen atoms in total. The van der Waals surface area contributed by atoms with Gasteiger partial charge in [0.1, 0.15) is 5.54 Å². The quantitative estimate of drug-likeness (QED) is 0.861. The number of carboxylic acids is 1. The van der Waals surface area contributed by atoms with E-state index in [1.54, 1.807) is 12.1 Å². The lowest BCUT2D eigenvalue weighted by molar-refractivity contribution is -0.146. The molecule has 1 aliphatic carbocycles. The van der Waals surface area contributed by atoms with E-state index in [9.17, 15) is 14.7 Å². The molecular weight excluding hydrogens is 342 g/mol. The van der Waals surface area contributed by atoms with Crippen LogP contribution in [-0.2, 0) is 4.79 Å². The van der Waals surface area contributed by atoms with Crippen molar-refractivity contribution in [1.29, 1.82) is 0 Å². The van der Waals surface area contributed by atoms with Gasteiger partial charge in [-0.25, -0.2) is 4.79 Å². The second-order valence-corrected chi connectivity index (χ2v) is 7.76. The second kappa shape index (κ2) is 6.26. The van der Waals surface area contributed by atoms with Crippen LogP contribution in [0.3, 0.4) is 0 Å². The molecule has 2 rings (SSSR count). The molecule has 1 aromatic rings. The van der Waals surface area contributed by atoms with Gasteiger partial charge in [0, 0.05) is 0 Å². The third-order valence-electron chi connectivity index (χ3n) is 4.10. The van der Waals surface area contributed by atoms with E-state index in [4.69, 9.17) is 0 Å². The van der Waals surface area contributed by atoms with Crippen molar-refractivity contribution in [3.63, 3.8) is 0 Å². The molecule has 0 spiro atoms. The number of rotatable bonds is 4. The maximum atomic E-state index is 12.2. The molecule has 1 aromatic heterocycles. The molecule has 0 unspecified atom stereocenters. The second-order valence-electron chi connectivity index (χ2n) is 5.30. The molecule has 110 valence electrons. The Morgan fingerprint density at radius 1 is 1.45 bits per heavy atom. The van der Waals surface area contributed by atoms with Gasteiger partial charge in [-0.15, -0.1) is 11.3 Å². The summed E-state index contributed by atoms with van der Waals surface area (Å²) in [5, 5.41) is 12.3. The highest BCUT2D eigenvalue weighted by Gasteiger charge is 2.43. The fourth-order valence-corrected chi connectivity index (χ4v) is 3.97. The minimum absolute atomic E-state index is 0.293. The van der Waals surface area contributed by atoms with Crippen LogP contribution >= 0.6 is 27.3 Å². The van der Waals surface area contributed by atoms with Gasteiger partial charge in [-0.2, -0.15) is 0 Å². The number of halogens is 1. The Kier molecular flexibility index (Phi) is 4.86. The minimum atomic E-state index is -1.10.